The number of carbonyl (C=O) groups excluding carboxylic acids is 1. The van der Waals surface area contributed by atoms with Crippen molar-refractivity contribution >= 4 is 56.7 Å². The summed E-state index contributed by atoms with van der Waals surface area (Å²) >= 11 is 11.8. The quantitative estimate of drug-likeness (QED) is 0.132. The molecular formula is C23H15Cl2N3O7S. The third-order valence-electron chi connectivity index (χ3n) is 4.58. The Bertz CT molecular complexity index is 1520. The van der Waals surface area contributed by atoms with Crippen LogP contribution in [0.5, 0.6) is 11.5 Å². The van der Waals surface area contributed by atoms with Gasteiger partial charge in [0, 0.05) is 17.8 Å². The number of carbonyl (C=O) groups is 1. The number of ether oxygens (including phenoxy) is 1. The van der Waals surface area contributed by atoms with E-state index in [1.165, 1.54) is 49.6 Å². The van der Waals surface area contributed by atoms with Gasteiger partial charge in [-0.15, -0.1) is 0 Å². The SMILES string of the molecule is COc1cc(/C=C(/C#N)C(=O)Nc2ccc(Cl)c(Cl)c2)ccc1OS(=O)(=O)c1ccc([N+](=O)[O-])cc1. The van der Waals surface area contributed by atoms with Crippen molar-refractivity contribution in [2.45, 2.75) is 4.90 Å². The van der Waals surface area contributed by atoms with Crippen molar-refractivity contribution in [1.29, 1.82) is 5.26 Å². The average molecular weight is 548 g/mol. The number of nitrogens with one attached hydrogen (secondary N) is 1. The maximum Gasteiger partial charge on any atom is 0.339 e. The minimum atomic E-state index is -4.34. The fourth-order valence-electron chi connectivity index (χ4n) is 2.83. The van der Waals surface area contributed by atoms with Crippen LogP contribution in [0.25, 0.3) is 6.08 Å². The van der Waals surface area contributed by atoms with Gasteiger partial charge in [-0.2, -0.15) is 13.7 Å². The molecule has 0 aliphatic carbocycles. The van der Waals surface area contributed by atoms with Gasteiger partial charge in [0.2, 0.25) is 0 Å². The van der Waals surface area contributed by atoms with Crippen molar-refractivity contribution in [3.63, 3.8) is 0 Å². The number of hydrogen-bond donors (Lipinski definition) is 1. The molecule has 0 atom stereocenters. The zero-order valence-electron chi connectivity index (χ0n) is 18.3. The molecule has 36 heavy (non-hydrogen) atoms. The smallest absolute Gasteiger partial charge is 0.339 e. The zero-order chi connectivity index (χ0) is 26.5. The van der Waals surface area contributed by atoms with Crippen molar-refractivity contribution in [3.05, 3.63) is 92.0 Å². The lowest BCUT2D eigenvalue weighted by Gasteiger charge is -2.11. The summed E-state index contributed by atoms with van der Waals surface area (Å²) in [6.45, 7) is 0. The maximum atomic E-state index is 12.6. The molecule has 0 bridgehead atoms. The van der Waals surface area contributed by atoms with Crippen molar-refractivity contribution in [3.8, 4) is 17.6 Å². The Kier molecular flexibility index (Phi) is 8.16. The molecule has 10 nitrogen and oxygen atoms in total. The van der Waals surface area contributed by atoms with Crippen LogP contribution in [0.1, 0.15) is 5.56 Å². The number of nitro groups is 1. The van der Waals surface area contributed by atoms with E-state index in [4.69, 9.17) is 32.1 Å². The van der Waals surface area contributed by atoms with Gasteiger partial charge in [-0.25, -0.2) is 0 Å². The van der Waals surface area contributed by atoms with Gasteiger partial charge in [-0.1, -0.05) is 29.3 Å². The number of nitriles is 1. The Hall–Kier alpha value is -4.11. The van der Waals surface area contributed by atoms with E-state index < -0.39 is 20.9 Å². The van der Waals surface area contributed by atoms with E-state index in [2.05, 4.69) is 5.32 Å². The molecule has 184 valence electrons. The van der Waals surface area contributed by atoms with E-state index in [0.29, 0.717) is 16.3 Å². The Balaban J connectivity index is 1.83. The number of nitro benzene ring substituents is 1. The van der Waals surface area contributed by atoms with Crippen molar-refractivity contribution in [1.82, 2.24) is 0 Å². The molecule has 0 aromatic heterocycles. The summed E-state index contributed by atoms with van der Waals surface area (Å²) in [6.07, 6.45) is 1.27. The van der Waals surface area contributed by atoms with Crippen molar-refractivity contribution < 1.29 is 27.1 Å². The van der Waals surface area contributed by atoms with Gasteiger partial charge in [-0.3, -0.25) is 14.9 Å². The Morgan fingerprint density at radius 1 is 1.06 bits per heavy atom. The highest BCUT2D eigenvalue weighted by Gasteiger charge is 2.21. The van der Waals surface area contributed by atoms with Crippen molar-refractivity contribution in [2.24, 2.45) is 0 Å². The molecule has 0 saturated carbocycles. The first-order chi connectivity index (χ1) is 17.0. The van der Waals surface area contributed by atoms with Gasteiger partial charge >= 0.3 is 10.1 Å². The molecule has 0 heterocycles. The zero-order valence-corrected chi connectivity index (χ0v) is 20.6. The van der Waals surface area contributed by atoms with Gasteiger partial charge in [0.25, 0.3) is 11.6 Å². The molecule has 3 aromatic carbocycles. The summed E-state index contributed by atoms with van der Waals surface area (Å²) in [5.74, 6) is -0.890. The third kappa shape index (κ3) is 6.31. The second kappa shape index (κ2) is 11.1. The second-order valence-electron chi connectivity index (χ2n) is 6.95. The summed E-state index contributed by atoms with van der Waals surface area (Å²) < 4.78 is 35.5. The predicted octanol–water partition coefficient (Wildman–Crippen LogP) is 5.22. The molecule has 0 fully saturated rings. The topological polar surface area (TPSA) is 149 Å². The highest BCUT2D eigenvalue weighted by atomic mass is 35.5. The minimum absolute atomic E-state index is 0.00332. The van der Waals surface area contributed by atoms with Gasteiger partial charge < -0.3 is 14.2 Å². The van der Waals surface area contributed by atoms with E-state index in [9.17, 15) is 28.6 Å². The molecule has 0 unspecified atom stereocenters. The van der Waals surface area contributed by atoms with Crippen LogP contribution >= 0.6 is 23.2 Å². The summed E-state index contributed by atoms with van der Waals surface area (Å²) in [7, 11) is -3.06. The van der Waals surface area contributed by atoms with Gasteiger partial charge in [0.15, 0.2) is 11.5 Å². The van der Waals surface area contributed by atoms with Gasteiger partial charge in [-0.05, 0) is 54.1 Å². The number of methoxy groups -OCH3 is 1. The number of amides is 1. The minimum Gasteiger partial charge on any atom is -0.493 e. The molecule has 0 saturated heterocycles. The molecule has 0 aliphatic heterocycles. The normalized spacial score (nSPS) is 11.3. The second-order valence-corrected chi connectivity index (χ2v) is 9.31. The predicted molar refractivity (Wildman–Crippen MR) is 133 cm³/mol. The molecule has 1 N–H and O–H groups in total. The Morgan fingerprint density at radius 2 is 1.75 bits per heavy atom. The Morgan fingerprint density at radius 3 is 2.33 bits per heavy atom. The lowest BCUT2D eigenvalue weighted by atomic mass is 10.1. The van der Waals surface area contributed by atoms with Gasteiger partial charge in [0.1, 0.15) is 16.5 Å². The van der Waals surface area contributed by atoms with E-state index in [1.54, 1.807) is 6.07 Å². The first-order valence-corrected chi connectivity index (χ1v) is 12.0. The van der Waals surface area contributed by atoms with E-state index >= 15 is 0 Å². The first kappa shape index (κ1) is 26.5. The van der Waals surface area contributed by atoms with E-state index in [0.717, 1.165) is 24.3 Å². The van der Waals surface area contributed by atoms with E-state index in [1.807, 2.05) is 0 Å². The summed E-state index contributed by atoms with van der Waals surface area (Å²) in [5, 5.41) is 23.3. The molecular weight excluding hydrogens is 533 g/mol. The lowest BCUT2D eigenvalue weighted by Crippen LogP contribution is -2.13. The monoisotopic (exact) mass is 547 g/mol. The average Bonchev–Trinajstić information content (AvgIpc) is 2.85. The number of nitrogens with zero attached hydrogens (tertiary/aromatic N) is 2. The lowest BCUT2D eigenvalue weighted by molar-refractivity contribution is -0.384. The van der Waals surface area contributed by atoms with Crippen LogP contribution in [-0.4, -0.2) is 26.4 Å². The van der Waals surface area contributed by atoms with Crippen LogP contribution in [-0.2, 0) is 14.9 Å². The summed E-state index contributed by atoms with van der Waals surface area (Å²) in [6, 6.07) is 14.4. The van der Waals surface area contributed by atoms with Gasteiger partial charge in [0.05, 0.1) is 22.1 Å². The number of non-ortho nitro benzene ring substituents is 1. The molecule has 0 radical (unpaired) electrons. The number of hydrogen-bond acceptors (Lipinski definition) is 8. The van der Waals surface area contributed by atoms with Crippen LogP contribution in [0, 0.1) is 21.4 Å². The molecule has 3 rings (SSSR count). The fraction of sp³-hybridized carbons (Fsp3) is 0.0435. The summed E-state index contributed by atoms with van der Waals surface area (Å²) in [5.41, 5.74) is 0.135. The molecule has 1 amide bonds. The Labute approximate surface area is 215 Å². The molecule has 13 heteroatoms. The standard InChI is InChI=1S/C23H15Cl2N3O7S/c1-34-22-11-14(10-15(13-26)23(29)27-16-3-8-19(24)20(25)12-16)2-9-21(22)35-36(32,33)18-6-4-17(5-7-18)28(30)31/h2-12H,1H3,(H,27,29)/b15-10-. The highest BCUT2D eigenvalue weighted by Crippen LogP contribution is 2.32. The maximum absolute atomic E-state index is 12.6. The molecule has 0 aliphatic rings. The van der Waals surface area contributed by atoms with Crippen LogP contribution < -0.4 is 14.2 Å². The number of rotatable bonds is 8. The first-order valence-electron chi connectivity index (χ1n) is 9.79. The summed E-state index contributed by atoms with van der Waals surface area (Å²) in [4.78, 5) is 22.3. The van der Waals surface area contributed by atoms with Crippen molar-refractivity contribution in [2.75, 3.05) is 12.4 Å². The number of halogens is 2. The molecule has 0 spiro atoms. The van der Waals surface area contributed by atoms with Crippen LogP contribution in [0.2, 0.25) is 10.0 Å². The third-order valence-corrected chi connectivity index (χ3v) is 6.56. The molecule has 3 aromatic rings. The van der Waals surface area contributed by atoms with Crippen LogP contribution in [0.4, 0.5) is 11.4 Å². The number of anilines is 1. The largest absolute Gasteiger partial charge is 0.493 e. The highest BCUT2D eigenvalue weighted by molar-refractivity contribution is 7.87. The van der Waals surface area contributed by atoms with Crippen LogP contribution in [0.3, 0.4) is 0 Å². The number of benzene rings is 3. The van der Waals surface area contributed by atoms with Crippen LogP contribution in [0.15, 0.2) is 71.1 Å². The van der Waals surface area contributed by atoms with E-state index in [-0.39, 0.29) is 32.7 Å². The fourth-order valence-corrected chi connectivity index (χ4v) is 4.07.